The number of carbonyl (C=O) groups is 2. The summed E-state index contributed by atoms with van der Waals surface area (Å²) >= 11 is 0. The zero-order valence-electron chi connectivity index (χ0n) is 16.8. The lowest BCUT2D eigenvalue weighted by Gasteiger charge is -2.25. The number of nitrogens with zero attached hydrogens (tertiary/aromatic N) is 2. The number of carbonyl (C=O) groups excluding carboxylic acids is 2. The van der Waals surface area contributed by atoms with Crippen molar-refractivity contribution in [1.82, 2.24) is 15.7 Å². The van der Waals surface area contributed by atoms with Crippen LogP contribution in [0.15, 0.2) is 24.3 Å². The highest BCUT2D eigenvalue weighted by Gasteiger charge is 2.25. The van der Waals surface area contributed by atoms with Crippen LogP contribution >= 0.6 is 0 Å². The number of nitro benzene ring substituents is 1. The Hall–Kier alpha value is -2.60. The van der Waals surface area contributed by atoms with Crippen molar-refractivity contribution in [3.63, 3.8) is 0 Å². The van der Waals surface area contributed by atoms with Gasteiger partial charge < -0.3 is 19.7 Å². The monoisotopic (exact) mass is 412 g/mol. The summed E-state index contributed by atoms with van der Waals surface area (Å²) in [5.41, 5.74) is 1.76. The third kappa shape index (κ3) is 8.96. The molecule has 0 spiro atoms. The lowest BCUT2D eigenvalue weighted by atomic mass is 9.98. The molecule has 2 atom stereocenters. The normalized spacial score (nSPS) is 13.0. The molecule has 0 aliphatic carbocycles. The third-order valence-corrected chi connectivity index (χ3v) is 4.00. The highest BCUT2D eigenvalue weighted by atomic mass is 16.7. The first kappa shape index (κ1) is 24.4. The minimum Gasteiger partial charge on any atom is -0.356 e. The van der Waals surface area contributed by atoms with Crippen LogP contribution in [0.25, 0.3) is 0 Å². The fraction of sp³-hybridized carbons (Fsp3) is 0.556. The molecule has 0 saturated carbocycles. The summed E-state index contributed by atoms with van der Waals surface area (Å²) in [7, 11) is 3.57. The highest BCUT2D eigenvalue weighted by Crippen LogP contribution is 2.14. The van der Waals surface area contributed by atoms with E-state index in [1.807, 2.05) is 6.92 Å². The van der Waals surface area contributed by atoms with Crippen molar-refractivity contribution in [2.24, 2.45) is 5.92 Å². The first-order valence-electron chi connectivity index (χ1n) is 9.07. The Morgan fingerprint density at radius 3 is 2.41 bits per heavy atom. The summed E-state index contributed by atoms with van der Waals surface area (Å²) in [4.78, 5) is 36.5. The molecule has 2 amide bonds. The van der Waals surface area contributed by atoms with Crippen molar-refractivity contribution < 1.29 is 29.2 Å². The molecule has 1 aromatic carbocycles. The minimum absolute atomic E-state index is 0.0327. The van der Waals surface area contributed by atoms with E-state index in [1.54, 1.807) is 24.5 Å². The molecule has 0 aliphatic rings. The number of amides is 2. The summed E-state index contributed by atoms with van der Waals surface area (Å²) in [6.07, 6.45) is 0.204. The van der Waals surface area contributed by atoms with Gasteiger partial charge >= 0.3 is 0 Å². The van der Waals surface area contributed by atoms with Crippen molar-refractivity contribution in [3.05, 3.63) is 39.9 Å². The van der Waals surface area contributed by atoms with Gasteiger partial charge in [-0.05, 0) is 39.6 Å². The fourth-order valence-corrected chi connectivity index (χ4v) is 2.64. The van der Waals surface area contributed by atoms with Crippen LogP contribution in [-0.2, 0) is 14.3 Å². The lowest BCUT2D eigenvalue weighted by Crippen LogP contribution is -2.44. The number of ether oxygens (including phenoxy) is 2. The van der Waals surface area contributed by atoms with E-state index in [-0.39, 0.29) is 31.1 Å². The van der Waals surface area contributed by atoms with E-state index >= 15 is 0 Å². The maximum absolute atomic E-state index is 12.5. The van der Waals surface area contributed by atoms with Crippen molar-refractivity contribution in [2.45, 2.75) is 19.4 Å². The van der Waals surface area contributed by atoms with Crippen LogP contribution < -0.4 is 10.8 Å². The van der Waals surface area contributed by atoms with Crippen LogP contribution in [0.2, 0.25) is 0 Å². The molecule has 1 rings (SSSR count). The van der Waals surface area contributed by atoms with E-state index in [4.69, 9.17) is 14.7 Å². The topological polar surface area (TPSA) is 143 Å². The zero-order valence-corrected chi connectivity index (χ0v) is 16.8. The van der Waals surface area contributed by atoms with E-state index in [9.17, 15) is 19.7 Å². The molecule has 0 aromatic heterocycles. The average Bonchev–Trinajstić information content (AvgIpc) is 2.69. The molecular weight excluding hydrogens is 384 g/mol. The van der Waals surface area contributed by atoms with E-state index in [0.717, 1.165) is 0 Å². The Kier molecular flexibility index (Phi) is 10.8. The van der Waals surface area contributed by atoms with Crippen LogP contribution in [0.4, 0.5) is 5.69 Å². The lowest BCUT2D eigenvalue weighted by molar-refractivity contribution is -0.384. The number of hydrogen-bond donors (Lipinski definition) is 3. The molecule has 0 heterocycles. The number of hydrogen-bond acceptors (Lipinski definition) is 8. The van der Waals surface area contributed by atoms with Crippen LogP contribution in [0.3, 0.4) is 0 Å². The Labute approximate surface area is 169 Å². The Morgan fingerprint density at radius 2 is 1.90 bits per heavy atom. The maximum atomic E-state index is 12.5. The SMILES string of the molecule is CCOCOCC(CC(CN(C)C)C(=O)NO)NC(=O)c1ccc([N+](=O)[O-])cc1. The van der Waals surface area contributed by atoms with Crippen molar-refractivity contribution >= 4 is 17.5 Å². The Morgan fingerprint density at radius 1 is 1.24 bits per heavy atom. The summed E-state index contributed by atoms with van der Waals surface area (Å²) < 4.78 is 10.5. The molecule has 0 saturated heterocycles. The van der Waals surface area contributed by atoms with Gasteiger partial charge in [-0.25, -0.2) is 5.48 Å². The van der Waals surface area contributed by atoms with Gasteiger partial charge in [0.05, 0.1) is 23.5 Å². The van der Waals surface area contributed by atoms with Gasteiger partial charge in [-0.3, -0.25) is 24.9 Å². The predicted octanol–water partition coefficient (Wildman–Crippen LogP) is 0.777. The second kappa shape index (κ2) is 12.8. The van der Waals surface area contributed by atoms with E-state index < -0.39 is 28.7 Å². The second-order valence-corrected chi connectivity index (χ2v) is 6.63. The van der Waals surface area contributed by atoms with Crippen LogP contribution in [-0.4, -0.2) is 73.5 Å². The molecule has 11 heteroatoms. The molecule has 29 heavy (non-hydrogen) atoms. The standard InChI is InChI=1S/C18H28N4O7/c1-4-28-12-29-11-15(9-14(10-21(2)3)18(24)20-25)19-17(23)13-5-7-16(8-6-13)22(26)27/h5-8,14-15,25H,4,9-12H2,1-3H3,(H,19,23)(H,20,24). The largest absolute Gasteiger partial charge is 0.356 e. The van der Waals surface area contributed by atoms with Crippen molar-refractivity contribution in [2.75, 3.05) is 40.6 Å². The molecule has 0 aliphatic heterocycles. The van der Waals surface area contributed by atoms with E-state index in [0.29, 0.717) is 13.2 Å². The molecule has 2 unspecified atom stereocenters. The fourth-order valence-electron chi connectivity index (χ4n) is 2.64. The second-order valence-electron chi connectivity index (χ2n) is 6.63. The average molecular weight is 412 g/mol. The number of nitro groups is 1. The number of rotatable bonds is 13. The van der Waals surface area contributed by atoms with E-state index in [2.05, 4.69) is 5.32 Å². The van der Waals surface area contributed by atoms with Gasteiger partial charge in [0.2, 0.25) is 5.91 Å². The summed E-state index contributed by atoms with van der Waals surface area (Å²) in [6, 6.07) is 4.63. The van der Waals surface area contributed by atoms with Crippen molar-refractivity contribution in [3.8, 4) is 0 Å². The molecule has 11 nitrogen and oxygen atoms in total. The van der Waals surface area contributed by atoms with Gasteiger partial charge in [-0.1, -0.05) is 0 Å². The van der Waals surface area contributed by atoms with Gasteiger partial charge in [-0.2, -0.15) is 0 Å². The highest BCUT2D eigenvalue weighted by molar-refractivity contribution is 5.94. The molecule has 0 bridgehead atoms. The Balaban J connectivity index is 2.87. The molecule has 1 aromatic rings. The molecule has 0 fully saturated rings. The quantitative estimate of drug-likeness (QED) is 0.142. The van der Waals surface area contributed by atoms with Gasteiger partial charge in [0.1, 0.15) is 6.79 Å². The number of benzene rings is 1. The first-order chi connectivity index (χ1) is 13.8. The summed E-state index contributed by atoms with van der Waals surface area (Å²) in [5.74, 6) is -1.64. The maximum Gasteiger partial charge on any atom is 0.269 e. The van der Waals surface area contributed by atoms with Crippen LogP contribution in [0, 0.1) is 16.0 Å². The van der Waals surface area contributed by atoms with Gasteiger partial charge in [0.25, 0.3) is 11.6 Å². The third-order valence-electron chi connectivity index (χ3n) is 4.00. The molecule has 162 valence electrons. The first-order valence-corrected chi connectivity index (χ1v) is 9.07. The van der Waals surface area contributed by atoms with Crippen LogP contribution in [0.5, 0.6) is 0 Å². The summed E-state index contributed by atoms with van der Waals surface area (Å²) in [6.45, 7) is 2.75. The van der Waals surface area contributed by atoms with Crippen molar-refractivity contribution in [1.29, 1.82) is 0 Å². The van der Waals surface area contributed by atoms with Gasteiger partial charge in [0, 0.05) is 30.8 Å². The summed E-state index contributed by atoms with van der Waals surface area (Å²) in [5, 5.41) is 22.5. The van der Waals surface area contributed by atoms with E-state index in [1.165, 1.54) is 24.3 Å². The number of hydroxylamine groups is 1. The smallest absolute Gasteiger partial charge is 0.269 e. The predicted molar refractivity (Wildman–Crippen MR) is 103 cm³/mol. The zero-order chi connectivity index (χ0) is 21.8. The van der Waals surface area contributed by atoms with Gasteiger partial charge in [-0.15, -0.1) is 0 Å². The van der Waals surface area contributed by atoms with Gasteiger partial charge in [0.15, 0.2) is 0 Å². The van der Waals surface area contributed by atoms with Crippen LogP contribution in [0.1, 0.15) is 23.7 Å². The molecule has 3 N–H and O–H groups in total. The Bertz CT molecular complexity index is 667. The molecular formula is C18H28N4O7. The number of non-ortho nitro benzene ring substituents is 1. The molecule has 0 radical (unpaired) electrons. The minimum atomic E-state index is -0.604. The number of nitrogens with one attached hydrogen (secondary N) is 2.